The molecular weight excluding hydrogens is 344 g/mol. The van der Waals surface area contributed by atoms with Gasteiger partial charge in [-0.2, -0.15) is 0 Å². The Bertz CT molecular complexity index is 1020. The number of carbonyl (C=O) groups is 1. The first kappa shape index (κ1) is 17.0. The molecule has 0 amide bonds. The summed E-state index contributed by atoms with van der Waals surface area (Å²) in [5.74, 6) is 0.0137. The number of anilines is 1. The molecule has 0 unspecified atom stereocenters. The molecule has 0 aliphatic carbocycles. The van der Waals surface area contributed by atoms with Crippen molar-refractivity contribution in [3.05, 3.63) is 65.2 Å². The monoisotopic (exact) mass is 364 g/mol. The summed E-state index contributed by atoms with van der Waals surface area (Å²) < 4.78 is 10.9. The van der Waals surface area contributed by atoms with Crippen LogP contribution in [0.25, 0.3) is 16.7 Å². The van der Waals surface area contributed by atoms with E-state index in [4.69, 9.17) is 9.47 Å². The minimum Gasteiger partial charge on any atom is -0.507 e. The predicted molar refractivity (Wildman–Crippen MR) is 104 cm³/mol. The van der Waals surface area contributed by atoms with Gasteiger partial charge in [-0.05, 0) is 18.6 Å². The summed E-state index contributed by atoms with van der Waals surface area (Å²) in [5.41, 5.74) is 3.30. The number of nitrogens with one attached hydrogen (secondary N) is 2. The fourth-order valence-electron chi connectivity index (χ4n) is 3.19. The van der Waals surface area contributed by atoms with E-state index in [0.29, 0.717) is 23.6 Å². The number of aromatic nitrogens is 1. The van der Waals surface area contributed by atoms with Crippen LogP contribution in [0.3, 0.4) is 0 Å². The van der Waals surface area contributed by atoms with E-state index < -0.39 is 5.97 Å². The number of ether oxygens (including phenoxy) is 2. The normalized spacial score (nSPS) is 13.2. The molecule has 0 fully saturated rings. The summed E-state index contributed by atoms with van der Waals surface area (Å²) in [7, 11) is 0. The van der Waals surface area contributed by atoms with Gasteiger partial charge in [0.15, 0.2) is 5.88 Å². The highest BCUT2D eigenvalue weighted by Gasteiger charge is 2.26. The molecule has 0 saturated carbocycles. The van der Waals surface area contributed by atoms with Crippen LogP contribution in [0.1, 0.15) is 18.1 Å². The van der Waals surface area contributed by atoms with E-state index in [1.54, 1.807) is 6.92 Å². The predicted octanol–water partition coefficient (Wildman–Crippen LogP) is 4.00. The summed E-state index contributed by atoms with van der Waals surface area (Å²) in [6.07, 6.45) is 0. The Labute approximate surface area is 156 Å². The average Bonchev–Trinajstić information content (AvgIpc) is 3.10. The molecule has 138 valence electrons. The Hall–Kier alpha value is -3.41. The van der Waals surface area contributed by atoms with Gasteiger partial charge in [-0.1, -0.05) is 36.4 Å². The molecular formula is C21H20N2O4. The van der Waals surface area contributed by atoms with E-state index in [2.05, 4.69) is 10.3 Å². The number of rotatable bonds is 5. The van der Waals surface area contributed by atoms with Crippen molar-refractivity contribution in [2.45, 2.75) is 13.5 Å². The SMILES string of the molecule is CCOC(=O)C1=C(O)c2c(ccc3cc(OCc4ccccc4)[nH]c23)NC1. The lowest BCUT2D eigenvalue weighted by Crippen LogP contribution is -2.22. The van der Waals surface area contributed by atoms with Gasteiger partial charge in [-0.15, -0.1) is 0 Å². The smallest absolute Gasteiger partial charge is 0.339 e. The van der Waals surface area contributed by atoms with Crippen LogP contribution in [-0.4, -0.2) is 29.2 Å². The third kappa shape index (κ3) is 3.21. The number of H-pyrrole nitrogens is 1. The van der Waals surface area contributed by atoms with Gasteiger partial charge in [-0.25, -0.2) is 4.79 Å². The van der Waals surface area contributed by atoms with Crippen molar-refractivity contribution in [3.8, 4) is 5.88 Å². The highest BCUT2D eigenvalue weighted by atomic mass is 16.5. The van der Waals surface area contributed by atoms with Crippen molar-refractivity contribution in [3.63, 3.8) is 0 Å². The molecule has 0 atom stereocenters. The molecule has 4 rings (SSSR count). The van der Waals surface area contributed by atoms with Gasteiger partial charge >= 0.3 is 5.97 Å². The number of esters is 1. The summed E-state index contributed by atoms with van der Waals surface area (Å²) in [6, 6.07) is 15.6. The van der Waals surface area contributed by atoms with E-state index >= 15 is 0 Å². The van der Waals surface area contributed by atoms with Crippen molar-refractivity contribution < 1.29 is 19.4 Å². The highest BCUT2D eigenvalue weighted by molar-refractivity contribution is 6.05. The highest BCUT2D eigenvalue weighted by Crippen LogP contribution is 2.37. The molecule has 3 N–H and O–H groups in total. The Kier molecular flexibility index (Phi) is 4.46. The molecule has 6 nitrogen and oxygen atoms in total. The number of fused-ring (bicyclic) bond motifs is 3. The molecule has 1 aliphatic rings. The van der Waals surface area contributed by atoms with Gasteiger partial charge < -0.3 is 24.9 Å². The maximum atomic E-state index is 12.1. The first-order valence-corrected chi connectivity index (χ1v) is 8.83. The van der Waals surface area contributed by atoms with Crippen molar-refractivity contribution in [2.24, 2.45) is 0 Å². The van der Waals surface area contributed by atoms with Crippen molar-refractivity contribution in [1.82, 2.24) is 4.98 Å². The molecule has 0 bridgehead atoms. The molecule has 0 radical (unpaired) electrons. The fraction of sp³-hybridized carbons (Fsp3) is 0.190. The van der Waals surface area contributed by atoms with Crippen LogP contribution in [-0.2, 0) is 16.1 Å². The summed E-state index contributed by atoms with van der Waals surface area (Å²) in [5, 5.41) is 14.8. The van der Waals surface area contributed by atoms with E-state index in [1.807, 2.05) is 48.5 Å². The quantitative estimate of drug-likeness (QED) is 0.596. The lowest BCUT2D eigenvalue weighted by Gasteiger charge is -2.21. The summed E-state index contributed by atoms with van der Waals surface area (Å²) in [4.78, 5) is 15.3. The number of carbonyl (C=O) groups excluding carboxylic acids is 1. The average molecular weight is 364 g/mol. The molecule has 1 aromatic heterocycles. The molecule has 2 heterocycles. The van der Waals surface area contributed by atoms with E-state index in [-0.39, 0.29) is 24.5 Å². The van der Waals surface area contributed by atoms with Gasteiger partial charge in [0.25, 0.3) is 0 Å². The van der Waals surface area contributed by atoms with Crippen LogP contribution in [0.2, 0.25) is 0 Å². The Morgan fingerprint density at radius 1 is 1.19 bits per heavy atom. The van der Waals surface area contributed by atoms with E-state index in [0.717, 1.165) is 16.6 Å². The molecule has 0 spiro atoms. The maximum Gasteiger partial charge on any atom is 0.339 e. The van der Waals surface area contributed by atoms with Gasteiger partial charge in [0.2, 0.25) is 0 Å². The zero-order chi connectivity index (χ0) is 18.8. The number of hydrogen-bond acceptors (Lipinski definition) is 5. The lowest BCUT2D eigenvalue weighted by atomic mass is 10.00. The van der Waals surface area contributed by atoms with Crippen LogP contribution < -0.4 is 10.1 Å². The number of aliphatic hydroxyl groups excluding tert-OH is 1. The topological polar surface area (TPSA) is 83.6 Å². The second-order valence-corrected chi connectivity index (χ2v) is 6.26. The fourth-order valence-corrected chi connectivity index (χ4v) is 3.19. The first-order valence-electron chi connectivity index (χ1n) is 8.83. The summed E-state index contributed by atoms with van der Waals surface area (Å²) >= 11 is 0. The molecule has 0 saturated heterocycles. The third-order valence-electron chi connectivity index (χ3n) is 4.51. The first-order chi connectivity index (χ1) is 13.2. The Balaban J connectivity index is 1.69. The third-order valence-corrected chi connectivity index (χ3v) is 4.51. The molecule has 2 aromatic carbocycles. The largest absolute Gasteiger partial charge is 0.507 e. The van der Waals surface area contributed by atoms with Crippen molar-refractivity contribution in [1.29, 1.82) is 0 Å². The number of hydrogen-bond donors (Lipinski definition) is 3. The number of aliphatic hydroxyl groups is 1. The standard InChI is InChI=1S/C21H20N2O4/c1-2-26-21(25)15-11-22-16-9-8-14-10-17(23-19(14)18(16)20(15)24)27-12-13-6-4-3-5-7-13/h3-10,22-24H,2,11-12H2,1H3. The van der Waals surface area contributed by atoms with Crippen molar-refractivity contribution >= 4 is 28.3 Å². The van der Waals surface area contributed by atoms with Gasteiger partial charge in [0.05, 0.1) is 29.8 Å². The zero-order valence-electron chi connectivity index (χ0n) is 14.9. The van der Waals surface area contributed by atoms with Crippen LogP contribution in [0, 0.1) is 0 Å². The molecule has 1 aliphatic heterocycles. The lowest BCUT2D eigenvalue weighted by molar-refractivity contribution is -0.138. The van der Waals surface area contributed by atoms with E-state index in [1.165, 1.54) is 0 Å². The van der Waals surface area contributed by atoms with E-state index in [9.17, 15) is 9.90 Å². The number of aromatic amines is 1. The second kappa shape index (κ2) is 7.07. The van der Waals surface area contributed by atoms with Crippen LogP contribution in [0.5, 0.6) is 5.88 Å². The molecule has 27 heavy (non-hydrogen) atoms. The van der Waals surface area contributed by atoms with Gasteiger partial charge in [-0.3, -0.25) is 0 Å². The minimum atomic E-state index is -0.516. The minimum absolute atomic E-state index is 0.0655. The molecule has 3 aromatic rings. The zero-order valence-corrected chi connectivity index (χ0v) is 14.9. The van der Waals surface area contributed by atoms with Crippen LogP contribution in [0.15, 0.2) is 54.1 Å². The van der Waals surface area contributed by atoms with Gasteiger partial charge in [0.1, 0.15) is 12.4 Å². The Morgan fingerprint density at radius 2 is 2.00 bits per heavy atom. The number of benzene rings is 2. The maximum absolute atomic E-state index is 12.1. The summed E-state index contributed by atoms with van der Waals surface area (Å²) in [6.45, 7) is 2.65. The van der Waals surface area contributed by atoms with Crippen LogP contribution in [0.4, 0.5) is 5.69 Å². The second-order valence-electron chi connectivity index (χ2n) is 6.26. The van der Waals surface area contributed by atoms with Crippen molar-refractivity contribution in [2.75, 3.05) is 18.5 Å². The Morgan fingerprint density at radius 3 is 2.78 bits per heavy atom. The molecule has 6 heteroatoms. The van der Waals surface area contributed by atoms with Gasteiger partial charge in [0, 0.05) is 17.1 Å². The van der Waals surface area contributed by atoms with Crippen LogP contribution >= 0.6 is 0 Å².